The van der Waals surface area contributed by atoms with E-state index in [1.54, 1.807) is 0 Å². The summed E-state index contributed by atoms with van der Waals surface area (Å²) in [5.74, 6) is -0.125. The quantitative estimate of drug-likeness (QED) is 0.211. The molecule has 1 radical (unpaired) electrons. The Morgan fingerprint density at radius 3 is 2.00 bits per heavy atom. The van der Waals surface area contributed by atoms with Crippen molar-refractivity contribution in [1.82, 2.24) is 0 Å². The van der Waals surface area contributed by atoms with Gasteiger partial charge in [0.05, 0.1) is 12.8 Å². The summed E-state index contributed by atoms with van der Waals surface area (Å²) >= 11 is 0. The summed E-state index contributed by atoms with van der Waals surface area (Å²) in [7, 11) is 2.17. The first kappa shape index (κ1) is 27.1. The molecule has 0 heterocycles. The number of rotatable bonds is 13. The molecule has 187 valence electrons. The fourth-order valence-corrected chi connectivity index (χ4v) is 3.64. The molecule has 0 saturated heterocycles. The molecule has 0 spiro atoms. The van der Waals surface area contributed by atoms with E-state index in [0.717, 1.165) is 35.2 Å². The monoisotopic (exact) mass is 485 g/mol. The third kappa shape index (κ3) is 8.92. The molecule has 0 aromatic heterocycles. The van der Waals surface area contributed by atoms with Gasteiger partial charge >= 0.3 is 11.9 Å². The van der Waals surface area contributed by atoms with E-state index in [2.05, 4.69) is 38.4 Å². The van der Waals surface area contributed by atoms with Gasteiger partial charge in [-0.05, 0) is 54.7 Å². The SMILES string of the molecule is C[B]CCc1ccc(COc2ccc(COC(=O)CCC(=O)OC(C)(C)c3ccccc3)cc2)cc1. The van der Waals surface area contributed by atoms with Crippen molar-refractivity contribution in [1.29, 1.82) is 0 Å². The van der Waals surface area contributed by atoms with E-state index in [-0.39, 0.29) is 19.4 Å². The Kier molecular flexibility index (Phi) is 10.2. The number of ether oxygens (including phenoxy) is 3. The summed E-state index contributed by atoms with van der Waals surface area (Å²) in [6, 6.07) is 25.4. The number of aryl methyl sites for hydroxylation is 1. The first-order valence-electron chi connectivity index (χ1n) is 12.4. The minimum atomic E-state index is -0.761. The molecule has 0 unspecified atom stereocenters. The largest absolute Gasteiger partial charge is 0.489 e. The zero-order valence-corrected chi connectivity index (χ0v) is 21.4. The van der Waals surface area contributed by atoms with Gasteiger partial charge in [-0.25, -0.2) is 0 Å². The molecule has 3 aromatic rings. The molecule has 5 nitrogen and oxygen atoms in total. The third-order valence-corrected chi connectivity index (χ3v) is 5.84. The van der Waals surface area contributed by atoms with Gasteiger partial charge in [0.1, 0.15) is 31.8 Å². The van der Waals surface area contributed by atoms with Gasteiger partial charge in [-0.2, -0.15) is 0 Å². The molecule has 0 bridgehead atoms. The Labute approximate surface area is 215 Å². The maximum Gasteiger partial charge on any atom is 0.307 e. The molecule has 0 amide bonds. The van der Waals surface area contributed by atoms with Gasteiger partial charge in [-0.3, -0.25) is 9.59 Å². The number of benzene rings is 3. The van der Waals surface area contributed by atoms with Gasteiger partial charge < -0.3 is 14.2 Å². The first-order valence-corrected chi connectivity index (χ1v) is 12.4. The number of esters is 2. The number of carbonyl (C=O) groups is 2. The third-order valence-electron chi connectivity index (χ3n) is 5.84. The average Bonchev–Trinajstić information content (AvgIpc) is 2.90. The molecule has 3 aromatic carbocycles. The van der Waals surface area contributed by atoms with Crippen molar-refractivity contribution in [3.63, 3.8) is 0 Å². The summed E-state index contributed by atoms with van der Waals surface area (Å²) in [6.45, 7) is 6.36. The summed E-state index contributed by atoms with van der Waals surface area (Å²) in [4.78, 5) is 24.3. The van der Waals surface area contributed by atoms with Crippen molar-refractivity contribution in [2.75, 3.05) is 0 Å². The van der Waals surface area contributed by atoms with Gasteiger partial charge in [0.25, 0.3) is 0 Å². The second-order valence-corrected chi connectivity index (χ2v) is 9.21. The molecule has 0 saturated carbocycles. The molecule has 3 rings (SSSR count). The van der Waals surface area contributed by atoms with Crippen LogP contribution in [0.25, 0.3) is 0 Å². The van der Waals surface area contributed by atoms with E-state index in [9.17, 15) is 9.59 Å². The molecule has 0 aliphatic heterocycles. The summed E-state index contributed by atoms with van der Waals surface area (Å²) < 4.78 is 16.7. The van der Waals surface area contributed by atoms with Crippen LogP contribution in [0.4, 0.5) is 0 Å². The van der Waals surface area contributed by atoms with E-state index in [1.807, 2.05) is 68.4 Å². The maximum absolute atomic E-state index is 12.2. The Balaban J connectivity index is 1.36. The summed E-state index contributed by atoms with van der Waals surface area (Å²) in [6.07, 6.45) is 2.08. The zero-order valence-electron chi connectivity index (χ0n) is 21.4. The lowest BCUT2D eigenvalue weighted by Gasteiger charge is -2.25. The molecular formula is C30H34BO5. The minimum Gasteiger partial charge on any atom is -0.489 e. The van der Waals surface area contributed by atoms with Crippen molar-refractivity contribution in [3.8, 4) is 5.75 Å². The average molecular weight is 485 g/mol. The van der Waals surface area contributed by atoms with E-state index < -0.39 is 17.5 Å². The molecule has 0 atom stereocenters. The lowest BCUT2D eigenvalue weighted by molar-refractivity contribution is -0.160. The second-order valence-electron chi connectivity index (χ2n) is 9.21. The molecule has 6 heteroatoms. The second kappa shape index (κ2) is 13.5. The van der Waals surface area contributed by atoms with Crippen molar-refractivity contribution >= 4 is 19.2 Å². The predicted octanol–water partition coefficient (Wildman–Crippen LogP) is 6.28. The van der Waals surface area contributed by atoms with Gasteiger partial charge in [0.2, 0.25) is 0 Å². The topological polar surface area (TPSA) is 61.8 Å². The van der Waals surface area contributed by atoms with Crippen LogP contribution in [-0.4, -0.2) is 19.2 Å². The van der Waals surface area contributed by atoms with Crippen molar-refractivity contribution in [2.45, 2.75) is 65.1 Å². The fraction of sp³-hybridized carbons (Fsp3) is 0.333. The predicted molar refractivity (Wildman–Crippen MR) is 142 cm³/mol. The van der Waals surface area contributed by atoms with Crippen LogP contribution in [0.3, 0.4) is 0 Å². The highest BCUT2D eigenvalue weighted by molar-refractivity contribution is 6.33. The minimum absolute atomic E-state index is 0.0274. The van der Waals surface area contributed by atoms with Gasteiger partial charge in [-0.1, -0.05) is 79.9 Å². The number of hydrogen-bond donors (Lipinski definition) is 0. The molecule has 0 aliphatic carbocycles. The maximum atomic E-state index is 12.2. The van der Waals surface area contributed by atoms with Crippen LogP contribution in [-0.2, 0) is 44.3 Å². The lowest BCUT2D eigenvalue weighted by Crippen LogP contribution is -2.25. The molecule has 0 aliphatic rings. The van der Waals surface area contributed by atoms with E-state index in [1.165, 1.54) is 5.56 Å². The highest BCUT2D eigenvalue weighted by Gasteiger charge is 2.25. The highest BCUT2D eigenvalue weighted by atomic mass is 16.6. The van der Waals surface area contributed by atoms with Crippen LogP contribution in [0.15, 0.2) is 78.9 Å². The van der Waals surface area contributed by atoms with E-state index in [4.69, 9.17) is 14.2 Å². The van der Waals surface area contributed by atoms with Crippen molar-refractivity contribution in [2.24, 2.45) is 0 Å². The van der Waals surface area contributed by atoms with Crippen LogP contribution in [0, 0.1) is 0 Å². The van der Waals surface area contributed by atoms with Crippen LogP contribution < -0.4 is 4.74 Å². The van der Waals surface area contributed by atoms with Crippen molar-refractivity contribution < 1.29 is 23.8 Å². The van der Waals surface area contributed by atoms with Crippen LogP contribution in [0.2, 0.25) is 13.1 Å². The van der Waals surface area contributed by atoms with E-state index >= 15 is 0 Å². The molecular weight excluding hydrogens is 451 g/mol. The molecule has 0 N–H and O–H groups in total. The Bertz CT molecular complexity index is 1090. The van der Waals surface area contributed by atoms with Gasteiger partial charge in [-0.15, -0.1) is 0 Å². The standard InChI is InChI=1S/C30H34BO5/c1-30(2,26-7-5-4-6-8-26)36-29(33)18-17-28(32)35-22-25-13-15-27(16-14-25)34-21-24-11-9-23(10-12-24)19-20-31-3/h4-16H,17-22H2,1-3H3. The Morgan fingerprint density at radius 1 is 0.750 bits per heavy atom. The Morgan fingerprint density at radius 2 is 1.33 bits per heavy atom. The van der Waals surface area contributed by atoms with Crippen molar-refractivity contribution in [3.05, 3.63) is 101 Å². The van der Waals surface area contributed by atoms with Crippen LogP contribution in [0.5, 0.6) is 5.75 Å². The summed E-state index contributed by atoms with van der Waals surface area (Å²) in [5.41, 5.74) is 3.42. The van der Waals surface area contributed by atoms with E-state index in [0.29, 0.717) is 6.61 Å². The normalized spacial score (nSPS) is 11.0. The number of hydrogen-bond acceptors (Lipinski definition) is 5. The molecule has 36 heavy (non-hydrogen) atoms. The molecule has 0 fully saturated rings. The fourth-order valence-electron chi connectivity index (χ4n) is 3.64. The first-order chi connectivity index (χ1) is 17.4. The smallest absolute Gasteiger partial charge is 0.307 e. The van der Waals surface area contributed by atoms with Crippen LogP contribution >= 0.6 is 0 Å². The van der Waals surface area contributed by atoms with Crippen LogP contribution in [0.1, 0.15) is 48.9 Å². The lowest BCUT2D eigenvalue weighted by atomic mass is 9.76. The van der Waals surface area contributed by atoms with Gasteiger partial charge in [0.15, 0.2) is 0 Å². The zero-order chi connectivity index (χ0) is 25.8. The number of carbonyl (C=O) groups excluding carboxylic acids is 2. The highest BCUT2D eigenvalue weighted by Crippen LogP contribution is 2.25. The summed E-state index contributed by atoms with van der Waals surface area (Å²) in [5, 5.41) is 0. The van der Waals surface area contributed by atoms with Gasteiger partial charge in [0, 0.05) is 0 Å². The Hall–Kier alpha value is -3.54.